The number of ketones is 1. The number of pyridine rings is 1. The first-order chi connectivity index (χ1) is 18.4. The molecule has 1 atom stereocenters. The second-order valence-corrected chi connectivity index (χ2v) is 9.07. The number of hydrogen-bond acceptors (Lipinski definition) is 6. The lowest BCUT2D eigenvalue weighted by molar-refractivity contribution is -0.132. The van der Waals surface area contributed by atoms with E-state index in [1.807, 2.05) is 44.2 Å². The quantitative estimate of drug-likeness (QED) is 0.192. The van der Waals surface area contributed by atoms with Gasteiger partial charge in [0.2, 0.25) is 0 Å². The zero-order valence-electron chi connectivity index (χ0n) is 21.2. The molecule has 0 radical (unpaired) electrons. The summed E-state index contributed by atoms with van der Waals surface area (Å²) < 4.78 is 11.4. The SMILES string of the molecule is COc1ccc(C)cc1/C(O)=C1\C(=O)C(=O)N(c2ccc(Oc3cccc(C)c3)cc2)C1c1cccnc1. The molecule has 3 aromatic carbocycles. The molecule has 2 heterocycles. The number of methoxy groups -OCH3 is 1. The Morgan fingerprint density at radius 2 is 1.66 bits per heavy atom. The molecular weight excluding hydrogens is 480 g/mol. The van der Waals surface area contributed by atoms with E-state index in [0.717, 1.165) is 11.1 Å². The third kappa shape index (κ3) is 4.62. The van der Waals surface area contributed by atoms with E-state index in [-0.39, 0.29) is 11.3 Å². The predicted octanol–water partition coefficient (Wildman–Crippen LogP) is 6.13. The van der Waals surface area contributed by atoms with Gasteiger partial charge in [-0.3, -0.25) is 19.5 Å². The van der Waals surface area contributed by atoms with Crippen LogP contribution in [0.15, 0.2) is 96.8 Å². The number of anilines is 1. The third-order valence-corrected chi connectivity index (χ3v) is 6.39. The zero-order valence-corrected chi connectivity index (χ0v) is 21.2. The molecule has 0 aliphatic carbocycles. The Hall–Kier alpha value is -4.91. The van der Waals surface area contributed by atoms with Gasteiger partial charge in [-0.2, -0.15) is 0 Å². The lowest BCUT2D eigenvalue weighted by Gasteiger charge is -2.25. The van der Waals surface area contributed by atoms with Crippen molar-refractivity contribution in [2.24, 2.45) is 0 Å². The number of rotatable bonds is 6. The molecular formula is C31H26N2O5. The Morgan fingerprint density at radius 1 is 0.895 bits per heavy atom. The van der Waals surface area contributed by atoms with Crippen LogP contribution in [0.5, 0.6) is 17.2 Å². The number of hydrogen-bond donors (Lipinski definition) is 1. The van der Waals surface area contributed by atoms with Crippen LogP contribution >= 0.6 is 0 Å². The minimum Gasteiger partial charge on any atom is -0.507 e. The standard InChI is InChI=1S/C31H26N2O5/c1-19-6-4-8-24(16-19)38-23-12-10-22(11-13-23)33-28(21-7-5-15-32-18-21)27(30(35)31(33)36)29(34)25-17-20(2)9-14-26(25)37-3/h4-18,28,34H,1-3H3/b29-27+. The van der Waals surface area contributed by atoms with E-state index in [1.54, 1.807) is 60.9 Å². The molecule has 1 fully saturated rings. The van der Waals surface area contributed by atoms with Gasteiger partial charge in [0.25, 0.3) is 11.7 Å². The maximum atomic E-state index is 13.4. The molecule has 38 heavy (non-hydrogen) atoms. The molecule has 7 nitrogen and oxygen atoms in total. The van der Waals surface area contributed by atoms with Crippen molar-refractivity contribution in [1.82, 2.24) is 4.98 Å². The number of aliphatic hydroxyl groups is 1. The largest absolute Gasteiger partial charge is 0.507 e. The van der Waals surface area contributed by atoms with E-state index in [1.165, 1.54) is 12.0 Å². The molecule has 0 spiro atoms. The van der Waals surface area contributed by atoms with Gasteiger partial charge in [-0.15, -0.1) is 0 Å². The lowest BCUT2D eigenvalue weighted by atomic mass is 9.95. The highest BCUT2D eigenvalue weighted by Gasteiger charge is 2.47. The number of Topliss-reactive ketones (excluding diaryl/α,β-unsaturated/α-hetero) is 1. The van der Waals surface area contributed by atoms with Crippen LogP contribution in [0.1, 0.15) is 28.3 Å². The number of aliphatic hydroxyl groups excluding tert-OH is 1. The van der Waals surface area contributed by atoms with E-state index in [0.29, 0.717) is 34.1 Å². The molecule has 1 aliphatic heterocycles. The number of carbonyl (C=O) groups excluding carboxylic acids is 2. The smallest absolute Gasteiger partial charge is 0.300 e. The highest BCUT2D eigenvalue weighted by Crippen LogP contribution is 2.43. The van der Waals surface area contributed by atoms with Crippen LogP contribution in [-0.2, 0) is 9.59 Å². The minimum atomic E-state index is -0.891. The van der Waals surface area contributed by atoms with Gasteiger partial charge in [0.15, 0.2) is 0 Å². The Kier molecular flexibility index (Phi) is 6.66. The molecule has 190 valence electrons. The fraction of sp³-hybridized carbons (Fsp3) is 0.129. The molecule has 1 aromatic heterocycles. The van der Waals surface area contributed by atoms with Crippen molar-refractivity contribution in [3.8, 4) is 17.2 Å². The van der Waals surface area contributed by atoms with Crippen LogP contribution in [0.4, 0.5) is 5.69 Å². The monoisotopic (exact) mass is 506 g/mol. The van der Waals surface area contributed by atoms with Crippen molar-refractivity contribution in [2.45, 2.75) is 19.9 Å². The van der Waals surface area contributed by atoms with Crippen LogP contribution in [0.3, 0.4) is 0 Å². The van der Waals surface area contributed by atoms with Crippen molar-refractivity contribution in [3.63, 3.8) is 0 Å². The Labute approximate surface area is 220 Å². The number of ether oxygens (including phenoxy) is 2. The van der Waals surface area contributed by atoms with Crippen molar-refractivity contribution in [2.75, 3.05) is 12.0 Å². The number of carbonyl (C=O) groups is 2. The number of benzene rings is 3. The molecule has 0 bridgehead atoms. The highest BCUT2D eigenvalue weighted by molar-refractivity contribution is 6.51. The number of aryl methyl sites for hydroxylation is 2. The Balaban J connectivity index is 1.59. The maximum absolute atomic E-state index is 13.4. The molecule has 4 aromatic rings. The fourth-order valence-electron chi connectivity index (χ4n) is 4.59. The second-order valence-electron chi connectivity index (χ2n) is 9.07. The molecule has 1 saturated heterocycles. The van der Waals surface area contributed by atoms with E-state index in [2.05, 4.69) is 4.98 Å². The number of amides is 1. The average Bonchev–Trinajstić information content (AvgIpc) is 3.19. The van der Waals surface area contributed by atoms with E-state index in [4.69, 9.17) is 9.47 Å². The van der Waals surface area contributed by atoms with E-state index in [9.17, 15) is 14.7 Å². The first-order valence-electron chi connectivity index (χ1n) is 12.1. The molecule has 1 N–H and O–H groups in total. The first-order valence-corrected chi connectivity index (χ1v) is 12.1. The van der Waals surface area contributed by atoms with Crippen molar-refractivity contribution in [3.05, 3.63) is 119 Å². The van der Waals surface area contributed by atoms with Gasteiger partial charge < -0.3 is 14.6 Å². The van der Waals surface area contributed by atoms with E-state index < -0.39 is 17.7 Å². The van der Waals surface area contributed by atoms with Gasteiger partial charge in [-0.25, -0.2) is 0 Å². The van der Waals surface area contributed by atoms with Crippen LogP contribution in [0.2, 0.25) is 0 Å². The summed E-state index contributed by atoms with van der Waals surface area (Å²) in [4.78, 5) is 32.4. The molecule has 0 saturated carbocycles. The fourth-order valence-corrected chi connectivity index (χ4v) is 4.59. The molecule has 1 unspecified atom stereocenters. The third-order valence-electron chi connectivity index (χ3n) is 6.39. The van der Waals surface area contributed by atoms with Gasteiger partial charge in [-0.05, 0) is 79.6 Å². The van der Waals surface area contributed by atoms with Gasteiger partial charge in [0, 0.05) is 18.1 Å². The van der Waals surface area contributed by atoms with Crippen LogP contribution < -0.4 is 14.4 Å². The molecule has 7 heteroatoms. The molecule has 1 aliphatic rings. The van der Waals surface area contributed by atoms with Crippen LogP contribution in [-0.4, -0.2) is 28.9 Å². The highest BCUT2D eigenvalue weighted by atomic mass is 16.5. The van der Waals surface area contributed by atoms with Crippen molar-refractivity contribution >= 4 is 23.1 Å². The topological polar surface area (TPSA) is 89.0 Å². The number of aromatic nitrogens is 1. The minimum absolute atomic E-state index is 0.0352. The lowest BCUT2D eigenvalue weighted by Crippen LogP contribution is -2.29. The summed E-state index contributed by atoms with van der Waals surface area (Å²) in [6.07, 6.45) is 3.19. The summed E-state index contributed by atoms with van der Waals surface area (Å²) in [5.74, 6) is -0.181. The first kappa shape index (κ1) is 24.8. The van der Waals surface area contributed by atoms with Gasteiger partial charge >= 0.3 is 0 Å². The zero-order chi connectivity index (χ0) is 26.8. The van der Waals surface area contributed by atoms with E-state index >= 15 is 0 Å². The number of nitrogens with zero attached hydrogens (tertiary/aromatic N) is 2. The predicted molar refractivity (Wildman–Crippen MR) is 144 cm³/mol. The van der Waals surface area contributed by atoms with Gasteiger partial charge in [0.05, 0.1) is 24.3 Å². The Morgan fingerprint density at radius 3 is 2.34 bits per heavy atom. The van der Waals surface area contributed by atoms with Crippen LogP contribution in [0, 0.1) is 13.8 Å². The summed E-state index contributed by atoms with van der Waals surface area (Å²) in [6.45, 7) is 3.85. The molecule has 5 rings (SSSR count). The summed E-state index contributed by atoms with van der Waals surface area (Å²) in [5, 5.41) is 11.4. The maximum Gasteiger partial charge on any atom is 0.300 e. The second kappa shape index (κ2) is 10.2. The average molecular weight is 507 g/mol. The van der Waals surface area contributed by atoms with Crippen molar-refractivity contribution in [1.29, 1.82) is 0 Å². The van der Waals surface area contributed by atoms with Gasteiger partial charge in [0.1, 0.15) is 23.0 Å². The summed E-state index contributed by atoms with van der Waals surface area (Å²) in [7, 11) is 1.49. The normalized spacial score (nSPS) is 16.5. The van der Waals surface area contributed by atoms with Gasteiger partial charge in [-0.1, -0.05) is 29.8 Å². The van der Waals surface area contributed by atoms with Crippen molar-refractivity contribution < 1.29 is 24.2 Å². The molecule has 1 amide bonds. The summed E-state index contributed by atoms with van der Waals surface area (Å²) in [5.41, 5.74) is 3.30. The Bertz CT molecular complexity index is 1540. The summed E-state index contributed by atoms with van der Waals surface area (Å²) in [6, 6.07) is 22.5. The summed E-state index contributed by atoms with van der Waals surface area (Å²) >= 11 is 0. The van der Waals surface area contributed by atoms with Crippen LogP contribution in [0.25, 0.3) is 5.76 Å².